The molecule has 6 aromatic heterocycles. The van der Waals surface area contributed by atoms with Crippen LogP contribution in [0.25, 0.3) is 126 Å². The van der Waals surface area contributed by atoms with Gasteiger partial charge in [0.2, 0.25) is 0 Å². The van der Waals surface area contributed by atoms with Crippen molar-refractivity contribution < 1.29 is 61.9 Å². The van der Waals surface area contributed by atoms with E-state index in [2.05, 4.69) is 38.1 Å². The van der Waals surface area contributed by atoms with Crippen molar-refractivity contribution in [2.75, 3.05) is 7.11 Å². The summed E-state index contributed by atoms with van der Waals surface area (Å²) in [6, 6.07) is 77.9. The first kappa shape index (κ1) is 98.9. The van der Waals surface area contributed by atoms with Crippen molar-refractivity contribution in [3.63, 3.8) is 0 Å². The van der Waals surface area contributed by atoms with Crippen molar-refractivity contribution in [3.05, 3.63) is 307 Å². The van der Waals surface area contributed by atoms with E-state index in [0.717, 1.165) is 166 Å². The van der Waals surface area contributed by atoms with E-state index in [1.807, 2.05) is 217 Å². The minimum absolute atomic E-state index is 0.320. The summed E-state index contributed by atoms with van der Waals surface area (Å²) in [5.41, 5.74) is 13.4. The second-order valence-electron chi connectivity index (χ2n) is 29.4. The Morgan fingerprint density at radius 2 is 0.657 bits per heavy atom. The van der Waals surface area contributed by atoms with Gasteiger partial charge in [-0.05, 0) is 233 Å². The number of fused-ring (bicyclic) bond motifs is 6. The van der Waals surface area contributed by atoms with Crippen molar-refractivity contribution in [1.29, 1.82) is 0 Å². The first-order chi connectivity index (χ1) is 64.2. The van der Waals surface area contributed by atoms with Gasteiger partial charge in [-0.3, -0.25) is 28.8 Å². The maximum Gasteiger partial charge on any atom is 0.308 e. The molecule has 0 saturated carbocycles. The van der Waals surface area contributed by atoms with E-state index in [4.69, 9.17) is 128 Å². The van der Waals surface area contributed by atoms with Crippen LogP contribution in [0, 0.1) is 60.0 Å². The van der Waals surface area contributed by atoms with E-state index in [1.54, 1.807) is 67.0 Å². The summed E-state index contributed by atoms with van der Waals surface area (Å²) < 4.78 is 43.3. The van der Waals surface area contributed by atoms with Gasteiger partial charge in [-0.1, -0.05) is 163 Å². The van der Waals surface area contributed by atoms with Crippen LogP contribution in [0.3, 0.4) is 0 Å². The van der Waals surface area contributed by atoms with Crippen molar-refractivity contribution in [2.24, 2.45) is 0 Å². The van der Waals surface area contributed by atoms with Crippen LogP contribution in [0.1, 0.15) is 69.4 Å². The van der Waals surface area contributed by atoms with Gasteiger partial charge >= 0.3 is 35.8 Å². The molecule has 0 aliphatic rings. The zero-order valence-electron chi connectivity index (χ0n) is 73.4. The van der Waals surface area contributed by atoms with E-state index in [1.165, 1.54) is 104 Å². The van der Waals surface area contributed by atoms with E-state index < -0.39 is 0 Å². The molecule has 134 heavy (non-hydrogen) atoms. The fourth-order valence-electron chi connectivity index (χ4n) is 13.2. The molecule has 0 fully saturated rings. The average molecular weight is 2020 g/mol. The molecule has 0 aliphatic carbocycles. The number of methoxy groups -OCH3 is 1. The lowest BCUT2D eigenvalue weighted by molar-refractivity contribution is -0.132. The minimum atomic E-state index is -0.345. The molecule has 0 radical (unpaired) electrons. The number of benzene rings is 12. The number of rotatable bonds is 13. The third kappa shape index (κ3) is 25.9. The zero-order valence-corrected chi connectivity index (χ0v) is 84.0. The number of esters is 6. The molecule has 0 unspecified atom stereocenters. The zero-order chi connectivity index (χ0) is 95.7. The van der Waals surface area contributed by atoms with Crippen LogP contribution in [0.4, 0.5) is 0 Å². The molecule has 6 heterocycles. The molecule has 18 rings (SSSR count). The standard InChI is InChI=1S/C18H15NO2S2.C17H13NO3S2.3C17H13NO2S2.C16H10ClNO2S2/c1-10-9-16(21-12(3)20)11(2)8-14(10)17-19-15-7-5-4-6-13(15)18(22)23-17;1-10(19)21-12-8-6-11(7-9-12)17-18-16(22)13-4-3-5-14(20-2)15(13)23-17;1-10-3-8-15-14(9-10)16(21)18-17(22-15)12-4-6-13(7-5-12)20-11(2)19;1-10-9-12(20-11(2)19)7-8-13(10)16-18-15-6-4-3-5-14(15)17(21)22-16;1-10-9-12(7-8-15(10)20-11(2)19)16-18-14-6-4-3-5-13(14)17(21)22-16;1-9(19)20-12-5-2-10(3-6-12)16-18-15(21)13-8-11(17)4-7-14(13)22-16/h4-9H,1-3H3;3-9H,1-2H3;3*3-9H,1-2H3;2-8H,1H3. The molecular weight excluding hydrogens is 1940 g/mol. The number of aromatic nitrogens is 6. The number of nitrogens with zero attached hydrogens (tertiary/aromatic N) is 6. The van der Waals surface area contributed by atoms with Gasteiger partial charge in [0.1, 0.15) is 95.7 Å². The smallest absolute Gasteiger partial charge is 0.308 e. The molecule has 672 valence electrons. The predicted octanol–water partition coefficient (Wildman–Crippen LogP) is 29.9. The summed E-state index contributed by atoms with van der Waals surface area (Å²) in [4.78, 5) is 93.7. The van der Waals surface area contributed by atoms with Gasteiger partial charge in [0.25, 0.3) is 0 Å². The predicted molar refractivity (Wildman–Crippen MR) is 558 cm³/mol. The first-order valence-electron chi connectivity index (χ1n) is 40.6. The monoisotopic (exact) mass is 2010 g/mol. The fourth-order valence-corrected chi connectivity index (χ4v) is 21.5. The number of para-hydroxylation sites is 3. The molecule has 0 saturated heterocycles. The molecule has 12 aromatic carbocycles. The molecule has 0 N–H and O–H groups in total. The molecule has 19 nitrogen and oxygen atoms in total. The minimum Gasteiger partial charge on any atom is -0.495 e. The Morgan fingerprint density at radius 1 is 0.284 bits per heavy atom. The number of carbonyl (C=O) groups excluding carboxylic acids is 6. The Labute approximate surface area is 829 Å². The lowest BCUT2D eigenvalue weighted by Crippen LogP contribution is -2.03. The van der Waals surface area contributed by atoms with Crippen molar-refractivity contribution in [2.45, 2.75) is 76.2 Å². The Kier molecular flexibility index (Phi) is 33.5. The largest absolute Gasteiger partial charge is 0.495 e. The van der Waals surface area contributed by atoms with E-state index in [-0.39, 0.29) is 35.8 Å². The van der Waals surface area contributed by atoms with Gasteiger partial charge in [-0.15, -0.1) is 68.0 Å². The Bertz CT molecular complexity index is 7870. The normalized spacial score (nSPS) is 10.6. The molecule has 0 amide bonds. The van der Waals surface area contributed by atoms with Crippen molar-refractivity contribution >= 4 is 252 Å². The molecule has 0 bridgehead atoms. The number of aryl methyl sites for hydroxylation is 5. The second kappa shape index (κ2) is 45.4. The van der Waals surface area contributed by atoms with E-state index in [9.17, 15) is 28.8 Å². The van der Waals surface area contributed by atoms with Crippen LogP contribution in [0.5, 0.6) is 40.2 Å². The highest BCUT2D eigenvalue weighted by atomic mass is 35.5. The third-order valence-electron chi connectivity index (χ3n) is 19.3. The van der Waals surface area contributed by atoms with Gasteiger partial charge in [0.15, 0.2) is 0 Å². The highest BCUT2D eigenvalue weighted by Gasteiger charge is 2.18. The van der Waals surface area contributed by atoms with E-state index in [0.29, 0.717) is 53.4 Å². The Balaban J connectivity index is 0.000000136. The average Bonchev–Trinajstić information content (AvgIpc) is 0.818. The summed E-state index contributed by atoms with van der Waals surface area (Å²) >= 11 is 47.7. The number of halogens is 1. The van der Waals surface area contributed by atoms with Crippen LogP contribution in [-0.2, 0) is 28.8 Å². The Hall–Kier alpha value is -12.6. The third-order valence-corrected chi connectivity index (χ3v) is 27.9. The SMILES string of the molecule is CC(=O)Oc1cc(C)c(-c2nc3ccccc3c(=S)s2)cc1C.CC(=O)Oc1ccc(-c2nc(=S)c3cc(C)ccc3s2)cc1.CC(=O)Oc1ccc(-c2nc(=S)c3cc(Cl)ccc3s2)cc1.CC(=O)Oc1ccc(-c2nc3ccccc3c(=S)s2)c(C)c1.CC(=O)Oc1ccc(-c2nc3ccccc3c(=S)s2)cc1C.COc1cccc2c(=S)nc(-c3ccc(OC(C)=O)cc3)sc12. The second-order valence-corrected chi connectivity index (χ2v) is 39.1. The van der Waals surface area contributed by atoms with Gasteiger partial charge in [0, 0.05) is 122 Å². The van der Waals surface area contributed by atoms with E-state index >= 15 is 0 Å². The molecule has 0 atom stereocenters. The maximum atomic E-state index is 11.2. The fraction of sp³-hybridized carbons (Fsp3) is 0.118. The van der Waals surface area contributed by atoms with Crippen molar-refractivity contribution in [3.8, 4) is 104 Å². The van der Waals surface area contributed by atoms with Crippen molar-refractivity contribution in [1.82, 2.24) is 29.9 Å². The summed E-state index contributed by atoms with van der Waals surface area (Å²) in [5.74, 6) is 2.02. The highest BCUT2D eigenvalue weighted by Crippen LogP contribution is 2.40. The summed E-state index contributed by atoms with van der Waals surface area (Å²) in [7, 11) is 1.64. The number of hydrogen-bond acceptors (Lipinski definition) is 31. The lowest BCUT2D eigenvalue weighted by Gasteiger charge is -2.11. The van der Waals surface area contributed by atoms with Gasteiger partial charge in [0.05, 0.1) is 28.4 Å². The quantitative estimate of drug-likeness (QED) is 0.0591. The van der Waals surface area contributed by atoms with Gasteiger partial charge in [-0.2, -0.15) is 0 Å². The maximum absolute atomic E-state index is 11.2. The van der Waals surface area contributed by atoms with Crippen LogP contribution in [0.15, 0.2) is 249 Å². The van der Waals surface area contributed by atoms with Crippen LogP contribution in [-0.4, -0.2) is 72.8 Å². The lowest BCUT2D eigenvalue weighted by atomic mass is 10.0. The summed E-state index contributed by atoms with van der Waals surface area (Å²) in [6.45, 7) is 18.1. The number of ether oxygens (including phenoxy) is 7. The van der Waals surface area contributed by atoms with Crippen LogP contribution < -0.4 is 33.2 Å². The molecule has 18 aromatic rings. The molecule has 0 spiro atoms. The van der Waals surface area contributed by atoms with Gasteiger partial charge < -0.3 is 33.2 Å². The Morgan fingerprint density at radius 3 is 1.12 bits per heavy atom. The highest BCUT2D eigenvalue weighted by molar-refractivity contribution is 7.74. The van der Waals surface area contributed by atoms with Gasteiger partial charge in [-0.25, -0.2) is 29.9 Å². The topological polar surface area (TPSA) is 244 Å². The molecule has 32 heteroatoms. The number of carbonyl (C=O) groups is 6. The number of hydrogen-bond donors (Lipinski definition) is 0. The van der Waals surface area contributed by atoms with Crippen LogP contribution in [0.2, 0.25) is 5.02 Å². The summed E-state index contributed by atoms with van der Waals surface area (Å²) in [6.07, 6.45) is 0. The molecule has 0 aliphatic heterocycles. The molecular formula is C102H77ClN6O13S12. The van der Waals surface area contributed by atoms with Crippen LogP contribution >= 0.6 is 153 Å². The summed E-state index contributed by atoms with van der Waals surface area (Å²) in [5, 5.41) is 11.5. The first-order valence-corrected chi connectivity index (χ1v) is 48.4.